The molecule has 11 nitrogen and oxygen atoms in total. The first kappa shape index (κ1) is 25.6. The summed E-state index contributed by atoms with van der Waals surface area (Å²) >= 11 is 0. The molecule has 0 saturated carbocycles. The van der Waals surface area contributed by atoms with Crippen molar-refractivity contribution in [1.29, 1.82) is 0 Å². The predicted octanol–water partition coefficient (Wildman–Crippen LogP) is 0.342. The summed E-state index contributed by atoms with van der Waals surface area (Å²) in [6.07, 6.45) is -1.65. The quantitative estimate of drug-likeness (QED) is 0.426. The van der Waals surface area contributed by atoms with Crippen LogP contribution in [0.25, 0.3) is 0 Å². The Morgan fingerprint density at radius 2 is 1.54 bits per heavy atom. The maximum atomic E-state index is 11.7. The molecule has 6 N–H and O–H groups in total. The molecule has 0 radical (unpaired) electrons. The zero-order chi connectivity index (χ0) is 22.3. The molecule has 1 aliphatic heterocycles. The third kappa shape index (κ3) is 9.51. The fourth-order valence-corrected chi connectivity index (χ4v) is 2.37. The molecule has 28 heavy (non-hydrogen) atoms. The zero-order valence-electron chi connectivity index (χ0n) is 16.5. The van der Waals surface area contributed by atoms with E-state index in [1.54, 1.807) is 4.90 Å². The van der Waals surface area contributed by atoms with Crippen LogP contribution in [-0.4, -0.2) is 79.7 Å². The minimum Gasteiger partial charge on any atom is -0.481 e. The highest BCUT2D eigenvalue weighted by molar-refractivity contribution is 5.88. The smallest absolute Gasteiger partial charge is 0.410 e. The monoisotopic (exact) mass is 406 g/mol. The van der Waals surface area contributed by atoms with Crippen LogP contribution in [-0.2, 0) is 19.1 Å². The Hall–Kier alpha value is -2.40. The lowest BCUT2D eigenvalue weighted by molar-refractivity contribution is -0.170. The molecule has 1 heterocycles. The van der Waals surface area contributed by atoms with E-state index in [0.717, 1.165) is 6.42 Å². The Labute approximate surface area is 163 Å². The minimum atomic E-state index is -2.74. The van der Waals surface area contributed by atoms with Gasteiger partial charge in [0.25, 0.3) is 0 Å². The number of carboxylic acids is 3. The Bertz CT molecular complexity index is 570. The van der Waals surface area contributed by atoms with E-state index in [2.05, 4.69) is 6.92 Å². The second-order valence-corrected chi connectivity index (χ2v) is 7.83. The number of carbonyl (C=O) groups is 4. The molecule has 1 fully saturated rings. The molecule has 11 heteroatoms. The second-order valence-electron chi connectivity index (χ2n) is 7.83. The van der Waals surface area contributed by atoms with E-state index in [4.69, 9.17) is 30.9 Å². The zero-order valence-corrected chi connectivity index (χ0v) is 16.5. The summed E-state index contributed by atoms with van der Waals surface area (Å²) in [5.74, 6) is -4.67. The number of aliphatic hydroxyl groups is 1. The Morgan fingerprint density at radius 3 is 1.86 bits per heavy atom. The molecular formula is C17H30N2O9. The Morgan fingerprint density at radius 1 is 1.07 bits per heavy atom. The number of likely N-dealkylation sites (tertiary alicyclic amines) is 1. The molecule has 1 saturated heterocycles. The van der Waals surface area contributed by atoms with Gasteiger partial charge in [-0.25, -0.2) is 9.59 Å². The highest BCUT2D eigenvalue weighted by atomic mass is 16.6. The number of amides is 1. The highest BCUT2D eigenvalue weighted by Crippen LogP contribution is 2.18. The van der Waals surface area contributed by atoms with E-state index in [-0.39, 0.29) is 12.1 Å². The first-order valence-electron chi connectivity index (χ1n) is 8.70. The van der Waals surface area contributed by atoms with Crippen LogP contribution >= 0.6 is 0 Å². The highest BCUT2D eigenvalue weighted by Gasteiger charge is 2.40. The molecule has 0 aliphatic carbocycles. The fourth-order valence-electron chi connectivity index (χ4n) is 2.37. The SMILES string of the molecule is CC1CN(C(=O)OC(C)(C)C)CCC1N.O=C(O)CC(O)(CC(=O)O)C(=O)O. The van der Waals surface area contributed by atoms with Crippen LogP contribution in [0.3, 0.4) is 0 Å². The van der Waals surface area contributed by atoms with Gasteiger partial charge in [-0.1, -0.05) is 6.92 Å². The molecular weight excluding hydrogens is 376 g/mol. The van der Waals surface area contributed by atoms with E-state index in [9.17, 15) is 19.2 Å². The van der Waals surface area contributed by atoms with Crippen LogP contribution in [0.15, 0.2) is 0 Å². The van der Waals surface area contributed by atoms with Gasteiger partial charge in [0, 0.05) is 19.1 Å². The van der Waals surface area contributed by atoms with E-state index in [1.807, 2.05) is 20.8 Å². The molecule has 0 spiro atoms. The van der Waals surface area contributed by atoms with Crippen molar-refractivity contribution in [3.63, 3.8) is 0 Å². The van der Waals surface area contributed by atoms with Crippen molar-refractivity contribution in [3.8, 4) is 0 Å². The van der Waals surface area contributed by atoms with Gasteiger partial charge in [-0.05, 0) is 33.1 Å². The fraction of sp³-hybridized carbons (Fsp3) is 0.765. The van der Waals surface area contributed by atoms with Crippen molar-refractivity contribution in [3.05, 3.63) is 0 Å². The average molecular weight is 406 g/mol. The summed E-state index contributed by atoms with van der Waals surface area (Å²) in [5.41, 5.74) is 2.73. The molecule has 2 atom stereocenters. The van der Waals surface area contributed by atoms with E-state index >= 15 is 0 Å². The van der Waals surface area contributed by atoms with E-state index in [0.29, 0.717) is 19.0 Å². The lowest BCUT2D eigenvalue weighted by atomic mass is 9.95. The third-order valence-electron chi connectivity index (χ3n) is 3.91. The number of carboxylic acid groups (broad SMARTS) is 3. The van der Waals surface area contributed by atoms with Gasteiger partial charge in [0.1, 0.15) is 5.60 Å². The molecule has 2 unspecified atom stereocenters. The van der Waals surface area contributed by atoms with Gasteiger partial charge < -0.3 is 35.8 Å². The Balaban J connectivity index is 0.000000528. The van der Waals surface area contributed by atoms with Gasteiger partial charge in [0.2, 0.25) is 0 Å². The Kier molecular flexibility index (Phi) is 9.35. The molecule has 0 aromatic rings. The lowest BCUT2D eigenvalue weighted by Crippen LogP contribution is -2.49. The van der Waals surface area contributed by atoms with Crippen LogP contribution in [0.1, 0.15) is 47.0 Å². The number of hydrogen-bond donors (Lipinski definition) is 5. The van der Waals surface area contributed by atoms with Crippen molar-refractivity contribution >= 4 is 24.0 Å². The minimum absolute atomic E-state index is 0.212. The molecule has 1 amide bonds. The molecule has 0 aromatic carbocycles. The van der Waals surface area contributed by atoms with Crippen molar-refractivity contribution in [1.82, 2.24) is 4.90 Å². The van der Waals surface area contributed by atoms with Gasteiger partial charge in [-0.15, -0.1) is 0 Å². The van der Waals surface area contributed by atoms with E-state index < -0.39 is 42.0 Å². The summed E-state index contributed by atoms with van der Waals surface area (Å²) in [7, 11) is 0. The average Bonchev–Trinajstić information content (AvgIpc) is 2.47. The number of nitrogens with zero attached hydrogens (tertiary/aromatic N) is 1. The number of rotatable bonds is 5. The molecule has 1 aliphatic rings. The summed E-state index contributed by atoms with van der Waals surface area (Å²) in [6, 6.07) is 0.212. The number of carbonyl (C=O) groups excluding carboxylic acids is 1. The second kappa shape index (κ2) is 10.2. The largest absolute Gasteiger partial charge is 0.481 e. The maximum Gasteiger partial charge on any atom is 0.410 e. The molecule has 0 aromatic heterocycles. The standard InChI is InChI=1S/C11H22N2O2.C6H8O7/c1-8-7-13(6-5-9(8)12)10(14)15-11(2,3)4;7-3(8)1-6(13,5(11)12)2-4(9)10/h8-9H,5-7,12H2,1-4H3;13H,1-2H2,(H,7,8)(H,9,10)(H,11,12). The van der Waals surface area contributed by atoms with Crippen molar-refractivity contribution in [2.75, 3.05) is 13.1 Å². The lowest BCUT2D eigenvalue weighted by Gasteiger charge is -2.35. The summed E-state index contributed by atoms with van der Waals surface area (Å²) in [4.78, 5) is 44.0. The van der Waals surface area contributed by atoms with Gasteiger partial charge in [0.05, 0.1) is 12.8 Å². The van der Waals surface area contributed by atoms with Crippen LogP contribution < -0.4 is 5.73 Å². The van der Waals surface area contributed by atoms with Crippen molar-refractivity contribution in [2.45, 2.75) is 64.2 Å². The molecule has 1 rings (SSSR count). The summed E-state index contributed by atoms with van der Waals surface area (Å²) in [6.45, 7) is 9.12. The van der Waals surface area contributed by atoms with Gasteiger partial charge in [-0.3, -0.25) is 9.59 Å². The number of ether oxygens (including phenoxy) is 1. The summed E-state index contributed by atoms with van der Waals surface area (Å²) < 4.78 is 5.31. The van der Waals surface area contributed by atoms with Crippen LogP contribution in [0, 0.1) is 5.92 Å². The molecule has 0 bridgehead atoms. The topological polar surface area (TPSA) is 188 Å². The number of piperidine rings is 1. The van der Waals surface area contributed by atoms with Crippen molar-refractivity contribution in [2.24, 2.45) is 11.7 Å². The van der Waals surface area contributed by atoms with Crippen molar-refractivity contribution < 1.29 is 44.3 Å². The number of aliphatic carboxylic acids is 3. The van der Waals surface area contributed by atoms with Crippen LogP contribution in [0.5, 0.6) is 0 Å². The number of hydrogen-bond acceptors (Lipinski definition) is 7. The third-order valence-corrected chi connectivity index (χ3v) is 3.91. The maximum absolute atomic E-state index is 11.7. The van der Waals surface area contributed by atoms with Gasteiger partial charge in [-0.2, -0.15) is 0 Å². The van der Waals surface area contributed by atoms with Gasteiger partial charge in [0.15, 0.2) is 5.60 Å². The first-order valence-corrected chi connectivity index (χ1v) is 8.70. The summed E-state index contributed by atoms with van der Waals surface area (Å²) in [5, 5.41) is 33.8. The van der Waals surface area contributed by atoms with Crippen LogP contribution in [0.2, 0.25) is 0 Å². The first-order chi connectivity index (χ1) is 12.6. The molecule has 162 valence electrons. The normalized spacial score (nSPS) is 19.9. The van der Waals surface area contributed by atoms with E-state index in [1.165, 1.54) is 0 Å². The predicted molar refractivity (Wildman–Crippen MR) is 96.7 cm³/mol. The number of nitrogens with two attached hydrogens (primary N) is 1. The van der Waals surface area contributed by atoms with Crippen LogP contribution in [0.4, 0.5) is 4.79 Å². The van der Waals surface area contributed by atoms with Gasteiger partial charge >= 0.3 is 24.0 Å².